The van der Waals surface area contributed by atoms with Gasteiger partial charge < -0.3 is 9.94 Å². The average molecular weight is 267 g/mol. The van der Waals surface area contributed by atoms with Gasteiger partial charge >= 0.3 is 0 Å². The monoisotopic (exact) mass is 267 g/mol. The SMILES string of the molecule is CCOc1ccc([N+]([O-])=Nc2ccc(C#N)cc2)cc1. The smallest absolute Gasteiger partial charge is 0.245 e. The Bertz CT molecular complexity index is 640. The highest BCUT2D eigenvalue weighted by atomic mass is 16.5. The fourth-order valence-corrected chi connectivity index (χ4v) is 1.60. The fourth-order valence-electron chi connectivity index (χ4n) is 1.60. The largest absolute Gasteiger partial charge is 0.594 e. The predicted molar refractivity (Wildman–Crippen MR) is 74.1 cm³/mol. The number of hydrogen-bond donors (Lipinski definition) is 0. The van der Waals surface area contributed by atoms with Gasteiger partial charge in [-0.1, -0.05) is 4.86 Å². The minimum Gasteiger partial charge on any atom is -0.594 e. The summed E-state index contributed by atoms with van der Waals surface area (Å²) in [5, 5.41) is 24.5. The molecule has 2 aromatic carbocycles. The summed E-state index contributed by atoms with van der Waals surface area (Å²) < 4.78 is 5.30. The highest BCUT2D eigenvalue weighted by molar-refractivity contribution is 5.42. The van der Waals surface area contributed by atoms with E-state index in [1.165, 1.54) is 0 Å². The Labute approximate surface area is 116 Å². The molecule has 0 saturated carbocycles. The second kappa shape index (κ2) is 6.34. The first kappa shape index (κ1) is 13.6. The van der Waals surface area contributed by atoms with E-state index in [1.807, 2.05) is 13.0 Å². The first-order valence-corrected chi connectivity index (χ1v) is 6.15. The second-order valence-electron chi connectivity index (χ2n) is 3.96. The molecule has 0 aromatic heterocycles. The standard InChI is InChI=1S/C15H13N3O2/c1-2-20-15-9-7-14(8-10-15)18(19)17-13-5-3-12(11-16)4-6-13/h3-10H,2H2,1H3. The first-order valence-electron chi connectivity index (χ1n) is 6.15. The van der Waals surface area contributed by atoms with Crippen molar-refractivity contribution in [3.05, 3.63) is 59.3 Å². The molecule has 0 N–H and O–H groups in total. The summed E-state index contributed by atoms with van der Waals surface area (Å²) in [6.45, 7) is 2.48. The van der Waals surface area contributed by atoms with Crippen LogP contribution in [0.3, 0.4) is 0 Å². The lowest BCUT2D eigenvalue weighted by atomic mass is 10.2. The molecular formula is C15H13N3O2. The number of benzene rings is 2. The molecule has 2 aromatic rings. The van der Waals surface area contributed by atoms with E-state index < -0.39 is 0 Å². The lowest BCUT2D eigenvalue weighted by molar-refractivity contribution is -0.435. The van der Waals surface area contributed by atoms with Gasteiger partial charge in [0, 0.05) is 17.2 Å². The molecule has 0 aliphatic heterocycles. The quantitative estimate of drug-likeness (QED) is 0.479. The van der Waals surface area contributed by atoms with Gasteiger partial charge in [-0.25, -0.2) is 0 Å². The van der Waals surface area contributed by atoms with Crippen molar-refractivity contribution in [2.24, 2.45) is 5.11 Å². The maximum absolute atomic E-state index is 11.9. The summed E-state index contributed by atoms with van der Waals surface area (Å²) in [5.41, 5.74) is 1.44. The zero-order valence-electron chi connectivity index (χ0n) is 11.0. The van der Waals surface area contributed by atoms with Crippen LogP contribution in [0, 0.1) is 16.5 Å². The number of hydrogen-bond acceptors (Lipinski definition) is 4. The van der Waals surface area contributed by atoms with Crippen LogP contribution in [-0.4, -0.2) is 11.5 Å². The summed E-state index contributed by atoms with van der Waals surface area (Å²) in [5.74, 6) is 0.711. The van der Waals surface area contributed by atoms with Gasteiger partial charge in [-0.3, -0.25) is 0 Å². The average Bonchev–Trinajstić information content (AvgIpc) is 2.49. The minimum atomic E-state index is 0.415. The Morgan fingerprint density at radius 3 is 2.35 bits per heavy atom. The summed E-state index contributed by atoms with van der Waals surface area (Å²) in [7, 11) is 0. The molecule has 0 aliphatic rings. The van der Waals surface area contributed by atoms with Gasteiger partial charge in [0.1, 0.15) is 11.4 Å². The van der Waals surface area contributed by atoms with Crippen molar-refractivity contribution in [3.8, 4) is 11.8 Å². The predicted octanol–water partition coefficient (Wildman–Crippen LogP) is 3.88. The van der Waals surface area contributed by atoms with Crippen LogP contribution in [0.1, 0.15) is 12.5 Å². The van der Waals surface area contributed by atoms with Crippen molar-refractivity contribution < 1.29 is 9.60 Å². The Morgan fingerprint density at radius 1 is 1.15 bits per heavy atom. The van der Waals surface area contributed by atoms with Crippen molar-refractivity contribution in [3.63, 3.8) is 0 Å². The molecule has 0 heterocycles. The Hall–Kier alpha value is -2.87. The number of nitrogens with zero attached hydrogens (tertiary/aromatic N) is 3. The zero-order valence-corrected chi connectivity index (χ0v) is 11.0. The van der Waals surface area contributed by atoms with Crippen LogP contribution in [0.15, 0.2) is 53.6 Å². The molecule has 0 aliphatic carbocycles. The van der Waals surface area contributed by atoms with Crippen molar-refractivity contribution in [2.75, 3.05) is 6.61 Å². The van der Waals surface area contributed by atoms with E-state index >= 15 is 0 Å². The van der Waals surface area contributed by atoms with Crippen LogP contribution in [-0.2, 0) is 0 Å². The Kier molecular flexibility index (Phi) is 4.30. The van der Waals surface area contributed by atoms with Gasteiger partial charge in [0.05, 0.1) is 18.2 Å². The molecule has 0 bridgehead atoms. The van der Waals surface area contributed by atoms with E-state index in [9.17, 15) is 5.21 Å². The fraction of sp³-hybridized carbons (Fsp3) is 0.133. The maximum Gasteiger partial charge on any atom is 0.245 e. The van der Waals surface area contributed by atoms with Crippen molar-refractivity contribution in [1.82, 2.24) is 0 Å². The number of azo groups is 1. The minimum absolute atomic E-state index is 0.415. The van der Waals surface area contributed by atoms with Gasteiger partial charge in [0.2, 0.25) is 5.69 Å². The molecular weight excluding hydrogens is 254 g/mol. The zero-order chi connectivity index (χ0) is 14.4. The van der Waals surface area contributed by atoms with Crippen LogP contribution in [0.5, 0.6) is 5.75 Å². The molecule has 5 nitrogen and oxygen atoms in total. The Balaban J connectivity index is 2.18. The van der Waals surface area contributed by atoms with Crippen LogP contribution in [0.25, 0.3) is 0 Å². The molecule has 0 saturated heterocycles. The lowest BCUT2D eigenvalue weighted by Gasteiger charge is -2.03. The molecule has 0 unspecified atom stereocenters. The number of nitriles is 1. The van der Waals surface area contributed by atoms with Crippen LogP contribution in [0.2, 0.25) is 0 Å². The van der Waals surface area contributed by atoms with E-state index in [1.54, 1.807) is 48.5 Å². The van der Waals surface area contributed by atoms with Crippen molar-refractivity contribution in [1.29, 1.82) is 5.26 Å². The van der Waals surface area contributed by atoms with Crippen LogP contribution < -0.4 is 4.74 Å². The molecule has 100 valence electrons. The molecule has 0 atom stereocenters. The normalized spacial score (nSPS) is 10.9. The molecule has 0 fully saturated rings. The van der Waals surface area contributed by atoms with Crippen LogP contribution >= 0.6 is 0 Å². The van der Waals surface area contributed by atoms with Gasteiger partial charge in [-0.05, 0) is 43.3 Å². The Morgan fingerprint density at radius 2 is 1.80 bits per heavy atom. The van der Waals surface area contributed by atoms with E-state index in [2.05, 4.69) is 5.11 Å². The van der Waals surface area contributed by atoms with Crippen molar-refractivity contribution >= 4 is 11.4 Å². The third-order valence-electron chi connectivity index (χ3n) is 2.57. The van der Waals surface area contributed by atoms with E-state index in [-0.39, 0.29) is 0 Å². The first-order chi connectivity index (χ1) is 9.72. The van der Waals surface area contributed by atoms with E-state index in [4.69, 9.17) is 10.00 Å². The molecule has 0 amide bonds. The highest BCUT2D eigenvalue weighted by Gasteiger charge is 2.04. The molecule has 5 heteroatoms. The van der Waals surface area contributed by atoms with Crippen LogP contribution in [0.4, 0.5) is 11.4 Å². The molecule has 20 heavy (non-hydrogen) atoms. The maximum atomic E-state index is 11.9. The summed E-state index contributed by atoms with van der Waals surface area (Å²) in [4.78, 5) is 0.539. The summed E-state index contributed by atoms with van der Waals surface area (Å²) >= 11 is 0. The third-order valence-corrected chi connectivity index (χ3v) is 2.57. The van der Waals surface area contributed by atoms with Crippen molar-refractivity contribution in [2.45, 2.75) is 6.92 Å². The summed E-state index contributed by atoms with van der Waals surface area (Å²) in [6.07, 6.45) is 0. The number of rotatable bonds is 4. The van der Waals surface area contributed by atoms with Gasteiger partial charge in [0.15, 0.2) is 0 Å². The molecule has 0 spiro atoms. The molecule has 0 radical (unpaired) electrons. The van der Waals surface area contributed by atoms with Gasteiger partial charge in [-0.2, -0.15) is 5.26 Å². The number of ether oxygens (including phenoxy) is 1. The lowest BCUT2D eigenvalue weighted by Crippen LogP contribution is -1.93. The highest BCUT2D eigenvalue weighted by Crippen LogP contribution is 2.20. The van der Waals surface area contributed by atoms with Gasteiger partial charge in [-0.15, -0.1) is 0 Å². The molecule has 2 rings (SSSR count). The summed E-state index contributed by atoms with van der Waals surface area (Å²) in [6, 6.07) is 15.2. The van der Waals surface area contributed by atoms with Gasteiger partial charge in [0.25, 0.3) is 0 Å². The second-order valence-corrected chi connectivity index (χ2v) is 3.96. The third kappa shape index (κ3) is 3.33. The van der Waals surface area contributed by atoms with E-state index in [0.717, 1.165) is 0 Å². The topological polar surface area (TPSA) is 71.4 Å². The van der Waals surface area contributed by atoms with E-state index in [0.29, 0.717) is 34.2 Å².